The van der Waals surface area contributed by atoms with Crippen molar-refractivity contribution in [3.63, 3.8) is 0 Å². The predicted octanol–water partition coefficient (Wildman–Crippen LogP) is 2.62. The van der Waals surface area contributed by atoms with Crippen LogP contribution in [0.5, 0.6) is 0 Å². The highest BCUT2D eigenvalue weighted by molar-refractivity contribution is 5.83. The van der Waals surface area contributed by atoms with Gasteiger partial charge in [0.2, 0.25) is 0 Å². The summed E-state index contributed by atoms with van der Waals surface area (Å²) >= 11 is 0. The molecule has 0 aliphatic rings. The maximum absolute atomic E-state index is 4.40. The lowest BCUT2D eigenvalue weighted by molar-refractivity contribution is 1.09. The second-order valence-corrected chi connectivity index (χ2v) is 3.40. The quantitative estimate of drug-likeness (QED) is 0.648. The largest absolute Gasteiger partial charge is 0.285 e. The molecule has 1 aromatic carbocycles. The van der Waals surface area contributed by atoms with Crippen molar-refractivity contribution < 1.29 is 0 Å². The van der Waals surface area contributed by atoms with E-state index < -0.39 is 0 Å². The minimum absolute atomic E-state index is 1.02. The Balaban J connectivity index is 2.22. The Labute approximate surface area is 86.8 Å². The van der Waals surface area contributed by atoms with E-state index in [1.54, 1.807) is 6.20 Å². The fraction of sp³-hybridized carbons (Fsp3) is 0. The maximum atomic E-state index is 4.40. The van der Waals surface area contributed by atoms with Crippen molar-refractivity contribution in [3.8, 4) is 11.1 Å². The third-order valence-electron chi connectivity index (χ3n) is 2.42. The SMILES string of the molecule is c1ccc2ncc(-c3cn[nH]c3)cc2c1. The summed E-state index contributed by atoms with van der Waals surface area (Å²) in [5.41, 5.74) is 3.17. The van der Waals surface area contributed by atoms with Crippen LogP contribution in [0.25, 0.3) is 22.0 Å². The number of hydrogen-bond acceptors (Lipinski definition) is 2. The monoisotopic (exact) mass is 195 g/mol. The van der Waals surface area contributed by atoms with Crippen molar-refractivity contribution in [1.29, 1.82) is 0 Å². The number of aromatic nitrogens is 3. The highest BCUT2D eigenvalue weighted by Crippen LogP contribution is 2.21. The van der Waals surface area contributed by atoms with E-state index in [2.05, 4.69) is 27.3 Å². The lowest BCUT2D eigenvalue weighted by Crippen LogP contribution is -1.80. The molecule has 0 aliphatic heterocycles. The minimum atomic E-state index is 1.02. The average Bonchev–Trinajstić information content (AvgIpc) is 2.82. The third kappa shape index (κ3) is 1.38. The van der Waals surface area contributed by atoms with Gasteiger partial charge in [0.1, 0.15) is 0 Å². The van der Waals surface area contributed by atoms with Gasteiger partial charge in [-0.15, -0.1) is 0 Å². The van der Waals surface area contributed by atoms with E-state index in [0.717, 1.165) is 22.0 Å². The van der Waals surface area contributed by atoms with Crippen molar-refractivity contribution in [2.24, 2.45) is 0 Å². The van der Waals surface area contributed by atoms with Gasteiger partial charge in [0.15, 0.2) is 0 Å². The second kappa shape index (κ2) is 3.20. The summed E-state index contributed by atoms with van der Waals surface area (Å²) in [6, 6.07) is 10.2. The van der Waals surface area contributed by atoms with E-state index in [9.17, 15) is 0 Å². The fourth-order valence-corrected chi connectivity index (χ4v) is 1.64. The molecule has 0 saturated carbocycles. The van der Waals surface area contributed by atoms with Crippen LogP contribution in [0.3, 0.4) is 0 Å². The zero-order valence-electron chi connectivity index (χ0n) is 8.01. The standard InChI is InChI=1S/C12H9N3/c1-2-4-12-9(3-1)5-10(6-13-12)11-7-14-15-8-11/h1-8H,(H,14,15). The van der Waals surface area contributed by atoms with Gasteiger partial charge in [0, 0.05) is 28.9 Å². The number of H-pyrrole nitrogens is 1. The minimum Gasteiger partial charge on any atom is -0.285 e. The zero-order valence-corrected chi connectivity index (χ0v) is 8.01. The number of nitrogens with zero attached hydrogens (tertiary/aromatic N) is 2. The zero-order chi connectivity index (χ0) is 10.1. The number of aromatic amines is 1. The lowest BCUT2D eigenvalue weighted by Gasteiger charge is -1.99. The van der Waals surface area contributed by atoms with Crippen LogP contribution < -0.4 is 0 Å². The Bertz CT molecular complexity index is 585. The van der Waals surface area contributed by atoms with E-state index in [0.29, 0.717) is 0 Å². The van der Waals surface area contributed by atoms with Gasteiger partial charge >= 0.3 is 0 Å². The first-order valence-corrected chi connectivity index (χ1v) is 4.77. The summed E-state index contributed by atoms with van der Waals surface area (Å²) < 4.78 is 0. The van der Waals surface area contributed by atoms with Gasteiger partial charge in [-0.1, -0.05) is 18.2 Å². The molecule has 0 unspecified atom stereocenters. The Morgan fingerprint density at radius 2 is 1.93 bits per heavy atom. The Kier molecular flexibility index (Phi) is 1.75. The molecule has 0 radical (unpaired) electrons. The molecule has 15 heavy (non-hydrogen) atoms. The summed E-state index contributed by atoms with van der Waals surface area (Å²) in [4.78, 5) is 4.40. The smallest absolute Gasteiger partial charge is 0.0702 e. The van der Waals surface area contributed by atoms with Gasteiger partial charge in [-0.2, -0.15) is 5.10 Å². The van der Waals surface area contributed by atoms with Crippen LogP contribution in [0.4, 0.5) is 0 Å². The van der Waals surface area contributed by atoms with Gasteiger partial charge in [-0.25, -0.2) is 0 Å². The number of fused-ring (bicyclic) bond motifs is 1. The summed E-state index contributed by atoms with van der Waals surface area (Å²) in [6.07, 6.45) is 5.53. The molecule has 0 bridgehead atoms. The van der Waals surface area contributed by atoms with Gasteiger partial charge in [0.05, 0.1) is 11.7 Å². The average molecular weight is 195 g/mol. The van der Waals surface area contributed by atoms with Gasteiger partial charge in [-0.05, 0) is 12.1 Å². The first kappa shape index (κ1) is 8.17. The van der Waals surface area contributed by atoms with Crippen LogP contribution in [0.2, 0.25) is 0 Å². The van der Waals surface area contributed by atoms with Crippen molar-refractivity contribution in [1.82, 2.24) is 15.2 Å². The summed E-state index contributed by atoms with van der Waals surface area (Å²) in [7, 11) is 0. The van der Waals surface area contributed by atoms with E-state index >= 15 is 0 Å². The molecule has 2 heterocycles. The molecular formula is C12H9N3. The number of benzene rings is 1. The van der Waals surface area contributed by atoms with Crippen molar-refractivity contribution in [2.75, 3.05) is 0 Å². The maximum Gasteiger partial charge on any atom is 0.0702 e. The molecule has 0 fully saturated rings. The van der Waals surface area contributed by atoms with E-state index in [1.807, 2.05) is 30.6 Å². The number of hydrogen-bond donors (Lipinski definition) is 1. The van der Waals surface area contributed by atoms with Crippen molar-refractivity contribution in [3.05, 3.63) is 48.9 Å². The van der Waals surface area contributed by atoms with E-state index in [1.165, 1.54) is 0 Å². The highest BCUT2D eigenvalue weighted by Gasteiger charge is 2.00. The molecule has 2 aromatic heterocycles. The highest BCUT2D eigenvalue weighted by atomic mass is 15.1. The van der Waals surface area contributed by atoms with Crippen LogP contribution in [-0.2, 0) is 0 Å². The van der Waals surface area contributed by atoms with E-state index in [-0.39, 0.29) is 0 Å². The van der Waals surface area contributed by atoms with Crippen molar-refractivity contribution >= 4 is 10.9 Å². The summed E-state index contributed by atoms with van der Waals surface area (Å²) in [5.74, 6) is 0. The molecule has 3 aromatic rings. The predicted molar refractivity (Wildman–Crippen MR) is 59.3 cm³/mol. The Morgan fingerprint density at radius 3 is 2.80 bits per heavy atom. The first-order valence-electron chi connectivity index (χ1n) is 4.77. The number of pyridine rings is 1. The van der Waals surface area contributed by atoms with Crippen LogP contribution in [0.1, 0.15) is 0 Å². The van der Waals surface area contributed by atoms with Gasteiger partial charge in [-0.3, -0.25) is 10.1 Å². The van der Waals surface area contributed by atoms with Crippen LogP contribution in [-0.4, -0.2) is 15.2 Å². The lowest BCUT2D eigenvalue weighted by atomic mass is 10.1. The third-order valence-corrected chi connectivity index (χ3v) is 2.42. The Hall–Kier alpha value is -2.16. The molecule has 3 heteroatoms. The second-order valence-electron chi connectivity index (χ2n) is 3.40. The molecule has 0 atom stereocenters. The molecule has 1 N–H and O–H groups in total. The van der Waals surface area contributed by atoms with Crippen LogP contribution in [0, 0.1) is 0 Å². The molecule has 0 saturated heterocycles. The molecule has 3 rings (SSSR count). The summed E-state index contributed by atoms with van der Waals surface area (Å²) in [5, 5.41) is 7.87. The van der Waals surface area contributed by atoms with Crippen LogP contribution in [0.15, 0.2) is 48.9 Å². The molecule has 72 valence electrons. The number of nitrogens with one attached hydrogen (secondary N) is 1. The molecule has 0 spiro atoms. The normalized spacial score (nSPS) is 10.7. The molecule has 3 nitrogen and oxygen atoms in total. The van der Waals surface area contributed by atoms with Gasteiger partial charge < -0.3 is 0 Å². The molecular weight excluding hydrogens is 186 g/mol. The van der Waals surface area contributed by atoms with Gasteiger partial charge in [0.25, 0.3) is 0 Å². The molecule has 0 aliphatic carbocycles. The Morgan fingerprint density at radius 1 is 1.00 bits per heavy atom. The fourth-order valence-electron chi connectivity index (χ4n) is 1.64. The van der Waals surface area contributed by atoms with Crippen LogP contribution >= 0.6 is 0 Å². The summed E-state index contributed by atoms with van der Waals surface area (Å²) in [6.45, 7) is 0. The number of rotatable bonds is 1. The topological polar surface area (TPSA) is 41.6 Å². The molecule has 0 amide bonds. The van der Waals surface area contributed by atoms with Crippen molar-refractivity contribution in [2.45, 2.75) is 0 Å². The van der Waals surface area contributed by atoms with E-state index in [4.69, 9.17) is 0 Å². The first-order chi connectivity index (χ1) is 7.43. The number of para-hydroxylation sites is 1.